The molecular weight excluding hydrogens is 492 g/mol. The van der Waals surface area contributed by atoms with Crippen LogP contribution in [0.3, 0.4) is 0 Å². The van der Waals surface area contributed by atoms with Crippen LogP contribution in [-0.4, -0.2) is 177 Å². The molecule has 0 aliphatic heterocycles. The summed E-state index contributed by atoms with van der Waals surface area (Å²) in [4.78, 5) is 39.6. The van der Waals surface area contributed by atoms with Crippen LogP contribution in [0.25, 0.3) is 0 Å². The van der Waals surface area contributed by atoms with Crippen LogP contribution in [0.1, 0.15) is 0 Å². The maximum Gasteiger partial charge on any atom is 0.335 e. The van der Waals surface area contributed by atoms with Crippen LogP contribution >= 0.6 is 0 Å². The number of rotatable bonds is 14. The van der Waals surface area contributed by atoms with Crippen LogP contribution in [0, 0.1) is 0 Å². The second kappa shape index (κ2) is 20.2. The third-order valence-electron chi connectivity index (χ3n) is 3.91. The molecule has 0 saturated carbocycles. The highest BCUT2D eigenvalue weighted by atomic mass is 16.4. The molecule has 0 rings (SSSR count). The van der Waals surface area contributed by atoms with E-state index in [-0.39, 0.29) is 18.9 Å². The molecule has 0 fully saturated rings. The predicted octanol–water partition coefficient (Wildman–Crippen LogP) is -9.41. The molecule has 35 heavy (non-hydrogen) atoms. The number of aliphatic hydroxyl groups is 13. The molecule has 0 saturated heterocycles. The molecule has 0 aromatic rings. The zero-order valence-electron chi connectivity index (χ0n) is 17.9. The fourth-order valence-corrected chi connectivity index (χ4v) is 1.65. The molecule has 0 aromatic heterocycles. The monoisotopic (exact) mass is 524 g/mol. The molecule has 0 radical (unpaired) electrons. The lowest BCUT2D eigenvalue weighted by Gasteiger charge is -2.22. The second-order valence-electron chi connectivity index (χ2n) is 6.62. The number of carbonyl (C=O) groups is 4. The minimum absolute atomic E-state index is 0.0258. The van der Waals surface area contributed by atoms with Crippen molar-refractivity contribution >= 4 is 24.8 Å². The van der Waals surface area contributed by atoms with Crippen molar-refractivity contribution in [3.8, 4) is 0 Å². The van der Waals surface area contributed by atoms with Gasteiger partial charge >= 0.3 is 5.97 Å². The lowest BCUT2D eigenvalue weighted by molar-refractivity contribution is -0.163. The summed E-state index contributed by atoms with van der Waals surface area (Å²) >= 11 is 0. The van der Waals surface area contributed by atoms with Gasteiger partial charge < -0.3 is 85.9 Å². The fourth-order valence-electron chi connectivity index (χ4n) is 1.65. The van der Waals surface area contributed by atoms with Gasteiger partial charge in [0.25, 0.3) is 0 Å². The number of hydrogen-bond acceptors (Lipinski definition) is 17. The minimum atomic E-state index is -2.25. The van der Waals surface area contributed by atoms with E-state index in [0.29, 0.717) is 0 Å². The van der Waals surface area contributed by atoms with Crippen molar-refractivity contribution in [2.45, 2.75) is 67.1 Å². The van der Waals surface area contributed by atoms with Gasteiger partial charge in [-0.05, 0) is 0 Å². The topological polar surface area (TPSA) is 352 Å². The third kappa shape index (κ3) is 14.8. The van der Waals surface area contributed by atoms with Gasteiger partial charge in [-0.15, -0.1) is 0 Å². The highest BCUT2D eigenvalue weighted by molar-refractivity contribution is 5.73. The van der Waals surface area contributed by atoms with Gasteiger partial charge in [-0.25, -0.2) is 4.79 Å². The summed E-state index contributed by atoms with van der Waals surface area (Å²) in [5.41, 5.74) is 0. The number of carboxylic acid groups (broad SMARTS) is 1. The molecule has 0 aliphatic rings. The van der Waals surface area contributed by atoms with Crippen LogP contribution < -0.4 is 0 Å². The standard InChI is InChI=1S/C6H10O7.C6H12O6.C5H10O5/c7-1-2(8)3(9)4(10)5(11)6(12)13;7-1-3(9)5(11)6(12)4(10)2-8;6-1-3(8)5(10)4(9)2-7/h1-5,8-11H,(H,12,13);1,3-6,8-12H,2H2;1,3-5,7-10H,2H2/t2-,3+,4-,5-;3-,4+,5+,6+;3-,4+,5+/m000/s1. The molecule has 0 amide bonds. The summed E-state index contributed by atoms with van der Waals surface area (Å²) in [6.07, 6.45) is -19.9. The van der Waals surface area contributed by atoms with Gasteiger partial charge in [-0.2, -0.15) is 0 Å². The summed E-state index contributed by atoms with van der Waals surface area (Å²) < 4.78 is 0. The smallest absolute Gasteiger partial charge is 0.335 e. The minimum Gasteiger partial charge on any atom is -0.479 e. The fraction of sp³-hybridized carbons (Fsp3) is 0.765. The Morgan fingerprint density at radius 1 is 0.514 bits per heavy atom. The van der Waals surface area contributed by atoms with Gasteiger partial charge in [-0.1, -0.05) is 0 Å². The van der Waals surface area contributed by atoms with Crippen LogP contribution in [0.5, 0.6) is 0 Å². The highest BCUT2D eigenvalue weighted by Crippen LogP contribution is 2.04. The normalized spacial score (nSPS) is 20.3. The summed E-state index contributed by atoms with van der Waals surface area (Å²) in [6, 6.07) is 0. The predicted molar refractivity (Wildman–Crippen MR) is 106 cm³/mol. The van der Waals surface area contributed by atoms with E-state index in [0.717, 1.165) is 0 Å². The first-order valence-corrected chi connectivity index (χ1v) is 9.38. The van der Waals surface area contributed by atoms with Crippen molar-refractivity contribution in [1.82, 2.24) is 0 Å². The molecule has 18 nitrogen and oxygen atoms in total. The van der Waals surface area contributed by atoms with Crippen LogP contribution in [0.4, 0.5) is 0 Å². The SMILES string of the molecule is O=C[C@H](O)[C@@H](O)[C@H](O)CO.O=C[C@H](O)[C@@H](O)[C@H](O)[C@H](O)C(=O)O.O=C[C@H](O)[C@@H](O)[C@H](O)[C@H](O)CO. The van der Waals surface area contributed by atoms with Crippen molar-refractivity contribution < 1.29 is 90.7 Å². The Morgan fingerprint density at radius 2 is 0.800 bits per heavy atom. The number of aliphatic hydroxyl groups excluding tert-OH is 13. The zero-order chi connectivity index (χ0) is 28.5. The summed E-state index contributed by atoms with van der Waals surface area (Å²) in [7, 11) is 0. The first-order valence-electron chi connectivity index (χ1n) is 9.38. The Kier molecular flexibility index (Phi) is 21.6. The average molecular weight is 524 g/mol. The van der Waals surface area contributed by atoms with Gasteiger partial charge in [-0.3, -0.25) is 0 Å². The summed E-state index contributed by atoms with van der Waals surface area (Å²) in [5.74, 6) is -1.76. The van der Waals surface area contributed by atoms with E-state index >= 15 is 0 Å². The van der Waals surface area contributed by atoms with E-state index in [1.807, 2.05) is 0 Å². The maximum atomic E-state index is 10.1. The molecule has 18 heteroatoms. The van der Waals surface area contributed by atoms with Gasteiger partial charge in [0, 0.05) is 0 Å². The Bertz CT molecular complexity index is 589. The molecule has 14 N–H and O–H groups in total. The van der Waals surface area contributed by atoms with E-state index in [2.05, 4.69) is 0 Å². The van der Waals surface area contributed by atoms with Gasteiger partial charge in [0.05, 0.1) is 13.2 Å². The van der Waals surface area contributed by atoms with E-state index in [1.165, 1.54) is 0 Å². The van der Waals surface area contributed by atoms with Crippen molar-refractivity contribution in [2.24, 2.45) is 0 Å². The molecule has 0 unspecified atom stereocenters. The highest BCUT2D eigenvalue weighted by Gasteiger charge is 2.34. The summed E-state index contributed by atoms with van der Waals surface area (Å²) in [5, 5.41) is 121. The van der Waals surface area contributed by atoms with Crippen LogP contribution in [0.15, 0.2) is 0 Å². The Labute approximate surface area is 196 Å². The number of hydrogen-bond donors (Lipinski definition) is 14. The number of carboxylic acids is 1. The zero-order valence-corrected chi connectivity index (χ0v) is 17.9. The molecular formula is C17H32O18. The molecule has 0 bridgehead atoms. The largest absolute Gasteiger partial charge is 0.479 e. The lowest BCUT2D eigenvalue weighted by atomic mass is 10.0. The van der Waals surface area contributed by atoms with Crippen LogP contribution in [0.2, 0.25) is 0 Å². The number of carbonyl (C=O) groups excluding carboxylic acids is 3. The summed E-state index contributed by atoms with van der Waals surface area (Å²) in [6.45, 7) is -1.45. The Hall–Kier alpha value is -2.04. The van der Waals surface area contributed by atoms with Crippen molar-refractivity contribution in [3.05, 3.63) is 0 Å². The van der Waals surface area contributed by atoms with E-state index in [4.69, 9.17) is 71.5 Å². The molecule has 0 heterocycles. The molecule has 208 valence electrons. The molecule has 11 atom stereocenters. The van der Waals surface area contributed by atoms with E-state index in [1.54, 1.807) is 0 Å². The average Bonchev–Trinajstić information content (AvgIpc) is 2.88. The van der Waals surface area contributed by atoms with Gasteiger partial charge in [0.2, 0.25) is 0 Å². The number of aliphatic carboxylic acids is 1. The second-order valence-corrected chi connectivity index (χ2v) is 6.62. The first kappa shape index (κ1) is 37.5. The molecule has 0 spiro atoms. The van der Waals surface area contributed by atoms with Crippen LogP contribution in [-0.2, 0) is 19.2 Å². The molecule has 0 aliphatic carbocycles. The quantitative estimate of drug-likeness (QED) is 0.0937. The van der Waals surface area contributed by atoms with Crippen molar-refractivity contribution in [2.75, 3.05) is 13.2 Å². The lowest BCUT2D eigenvalue weighted by Crippen LogP contribution is -2.48. The maximum absolute atomic E-state index is 10.1. The van der Waals surface area contributed by atoms with Crippen molar-refractivity contribution in [1.29, 1.82) is 0 Å². The van der Waals surface area contributed by atoms with E-state index < -0.39 is 86.3 Å². The Balaban J connectivity index is -0.000000443. The number of aldehydes is 3. The van der Waals surface area contributed by atoms with Crippen molar-refractivity contribution in [3.63, 3.8) is 0 Å². The van der Waals surface area contributed by atoms with Gasteiger partial charge in [0.1, 0.15) is 61.0 Å². The molecule has 0 aromatic carbocycles. The Morgan fingerprint density at radius 3 is 1.09 bits per heavy atom. The van der Waals surface area contributed by atoms with E-state index in [9.17, 15) is 19.2 Å². The third-order valence-corrected chi connectivity index (χ3v) is 3.91. The van der Waals surface area contributed by atoms with Gasteiger partial charge in [0.15, 0.2) is 25.0 Å². The first-order chi connectivity index (χ1) is 16.1.